The van der Waals surface area contributed by atoms with Gasteiger partial charge in [0, 0.05) is 30.7 Å². The third-order valence-corrected chi connectivity index (χ3v) is 3.86. The van der Waals surface area contributed by atoms with Crippen LogP contribution in [0.5, 0.6) is 0 Å². The van der Waals surface area contributed by atoms with Crippen LogP contribution in [0.2, 0.25) is 0 Å². The first-order valence-corrected chi connectivity index (χ1v) is 7.63. The highest BCUT2D eigenvalue weighted by Crippen LogP contribution is 2.21. The van der Waals surface area contributed by atoms with Gasteiger partial charge >= 0.3 is 0 Å². The maximum atomic E-state index is 12.0. The molecule has 0 aromatic carbocycles. The van der Waals surface area contributed by atoms with Crippen molar-refractivity contribution in [2.24, 2.45) is 5.41 Å². The summed E-state index contributed by atoms with van der Waals surface area (Å²) in [4.78, 5) is 23.3. The van der Waals surface area contributed by atoms with E-state index in [4.69, 9.17) is 0 Å². The third kappa shape index (κ3) is 3.93. The standard InChI is InChI=1S/C16H26N4O/c1-11-10-17-12(2)14(18-11)20-8-6-13(7-9-20)19-15(21)16(3,4)5/h10,13H,6-9H2,1-5H3,(H,19,21). The average molecular weight is 290 g/mol. The molecule has 0 bridgehead atoms. The van der Waals surface area contributed by atoms with Gasteiger partial charge in [-0.15, -0.1) is 0 Å². The largest absolute Gasteiger partial charge is 0.355 e. The number of anilines is 1. The first-order chi connectivity index (χ1) is 9.77. The Morgan fingerprint density at radius 2 is 1.90 bits per heavy atom. The van der Waals surface area contributed by atoms with Gasteiger partial charge in [-0.3, -0.25) is 9.78 Å². The summed E-state index contributed by atoms with van der Waals surface area (Å²) in [6, 6.07) is 0.269. The van der Waals surface area contributed by atoms with Gasteiger partial charge in [0.2, 0.25) is 5.91 Å². The number of rotatable bonds is 2. The molecule has 1 amide bonds. The normalized spacial score (nSPS) is 16.9. The van der Waals surface area contributed by atoms with Gasteiger partial charge in [-0.05, 0) is 26.7 Å². The molecule has 1 aromatic heterocycles. The summed E-state index contributed by atoms with van der Waals surface area (Å²) in [6.45, 7) is 11.6. The van der Waals surface area contributed by atoms with Gasteiger partial charge in [0.15, 0.2) is 0 Å². The Bertz CT molecular complexity index is 513. The number of aromatic nitrogens is 2. The Labute approximate surface area is 127 Å². The number of amides is 1. The van der Waals surface area contributed by atoms with Crippen molar-refractivity contribution in [1.82, 2.24) is 15.3 Å². The van der Waals surface area contributed by atoms with Crippen LogP contribution in [0.4, 0.5) is 5.82 Å². The van der Waals surface area contributed by atoms with Crippen molar-refractivity contribution in [3.8, 4) is 0 Å². The number of hydrogen-bond acceptors (Lipinski definition) is 4. The maximum absolute atomic E-state index is 12.0. The average Bonchev–Trinajstić information content (AvgIpc) is 2.41. The molecule has 0 spiro atoms. The lowest BCUT2D eigenvalue weighted by Gasteiger charge is -2.34. The quantitative estimate of drug-likeness (QED) is 0.907. The van der Waals surface area contributed by atoms with E-state index in [9.17, 15) is 4.79 Å². The van der Waals surface area contributed by atoms with Gasteiger partial charge in [0.1, 0.15) is 5.82 Å². The molecule has 1 aliphatic heterocycles. The highest BCUT2D eigenvalue weighted by molar-refractivity contribution is 5.81. The summed E-state index contributed by atoms with van der Waals surface area (Å²) in [5.41, 5.74) is 1.59. The highest BCUT2D eigenvalue weighted by Gasteiger charge is 2.27. The number of hydrogen-bond donors (Lipinski definition) is 1. The Morgan fingerprint density at radius 3 is 2.48 bits per heavy atom. The van der Waals surface area contributed by atoms with E-state index >= 15 is 0 Å². The molecule has 1 aliphatic rings. The van der Waals surface area contributed by atoms with Crippen LogP contribution < -0.4 is 10.2 Å². The second kappa shape index (κ2) is 6.00. The number of nitrogens with zero attached hydrogens (tertiary/aromatic N) is 3. The zero-order chi connectivity index (χ0) is 15.6. The Balaban J connectivity index is 1.94. The fraction of sp³-hybridized carbons (Fsp3) is 0.688. The lowest BCUT2D eigenvalue weighted by molar-refractivity contribution is -0.129. The molecular formula is C16H26N4O. The zero-order valence-electron chi connectivity index (χ0n) is 13.7. The second-order valence-electron chi connectivity index (χ2n) is 6.91. The Hall–Kier alpha value is -1.65. The Kier molecular flexibility index (Phi) is 4.49. The van der Waals surface area contributed by atoms with Gasteiger partial charge < -0.3 is 10.2 Å². The molecule has 1 saturated heterocycles. The van der Waals surface area contributed by atoms with E-state index in [1.54, 1.807) is 6.20 Å². The molecule has 2 heterocycles. The minimum absolute atomic E-state index is 0.132. The molecule has 5 nitrogen and oxygen atoms in total. The maximum Gasteiger partial charge on any atom is 0.225 e. The van der Waals surface area contributed by atoms with E-state index in [-0.39, 0.29) is 17.4 Å². The lowest BCUT2D eigenvalue weighted by atomic mass is 9.94. The molecule has 5 heteroatoms. The fourth-order valence-electron chi connectivity index (χ4n) is 2.46. The smallest absolute Gasteiger partial charge is 0.225 e. The zero-order valence-corrected chi connectivity index (χ0v) is 13.7. The predicted octanol–water partition coefficient (Wildman–Crippen LogP) is 2.22. The summed E-state index contributed by atoms with van der Waals surface area (Å²) in [7, 11) is 0. The van der Waals surface area contributed by atoms with Crippen LogP contribution in [0.25, 0.3) is 0 Å². The van der Waals surface area contributed by atoms with Crippen molar-refractivity contribution in [1.29, 1.82) is 0 Å². The van der Waals surface area contributed by atoms with Crippen molar-refractivity contribution < 1.29 is 4.79 Å². The van der Waals surface area contributed by atoms with Crippen LogP contribution >= 0.6 is 0 Å². The van der Waals surface area contributed by atoms with Crippen LogP contribution in [0.3, 0.4) is 0 Å². The van der Waals surface area contributed by atoms with E-state index in [0.717, 1.165) is 43.1 Å². The molecule has 2 rings (SSSR count). The number of carbonyl (C=O) groups excluding carboxylic acids is 1. The number of nitrogens with one attached hydrogen (secondary N) is 1. The number of carbonyl (C=O) groups is 1. The second-order valence-corrected chi connectivity index (χ2v) is 6.91. The van der Waals surface area contributed by atoms with Crippen molar-refractivity contribution >= 4 is 11.7 Å². The molecule has 0 aliphatic carbocycles. The summed E-state index contributed by atoms with van der Waals surface area (Å²) >= 11 is 0. The fourth-order valence-corrected chi connectivity index (χ4v) is 2.46. The minimum Gasteiger partial charge on any atom is -0.355 e. The molecule has 116 valence electrons. The van der Waals surface area contributed by atoms with Crippen LogP contribution in [0, 0.1) is 19.3 Å². The van der Waals surface area contributed by atoms with Gasteiger partial charge in [-0.2, -0.15) is 0 Å². The van der Waals surface area contributed by atoms with E-state index in [1.807, 2.05) is 34.6 Å². The monoisotopic (exact) mass is 290 g/mol. The van der Waals surface area contributed by atoms with Crippen LogP contribution in [0.15, 0.2) is 6.20 Å². The molecule has 1 fully saturated rings. The minimum atomic E-state index is -0.324. The van der Waals surface area contributed by atoms with E-state index in [0.29, 0.717) is 0 Å². The van der Waals surface area contributed by atoms with E-state index in [1.165, 1.54) is 0 Å². The third-order valence-electron chi connectivity index (χ3n) is 3.86. The molecule has 1 N–H and O–H groups in total. The summed E-state index contributed by atoms with van der Waals surface area (Å²) < 4.78 is 0. The van der Waals surface area contributed by atoms with Crippen molar-refractivity contribution in [3.05, 3.63) is 17.6 Å². The summed E-state index contributed by atoms with van der Waals surface area (Å²) in [5.74, 6) is 1.11. The molecule has 1 aromatic rings. The molecule has 0 unspecified atom stereocenters. The number of aryl methyl sites for hydroxylation is 2. The Morgan fingerprint density at radius 1 is 1.29 bits per heavy atom. The first-order valence-electron chi connectivity index (χ1n) is 7.63. The van der Waals surface area contributed by atoms with E-state index < -0.39 is 0 Å². The molecule has 0 radical (unpaired) electrons. The molecular weight excluding hydrogens is 264 g/mol. The summed E-state index contributed by atoms with van der Waals surface area (Å²) in [5, 5.41) is 3.16. The first kappa shape index (κ1) is 15.7. The SMILES string of the molecule is Cc1cnc(C)c(N2CCC(NC(=O)C(C)(C)C)CC2)n1. The molecule has 0 saturated carbocycles. The van der Waals surface area contributed by atoms with Crippen LogP contribution in [-0.2, 0) is 4.79 Å². The summed E-state index contributed by atoms with van der Waals surface area (Å²) in [6.07, 6.45) is 3.71. The molecule has 0 atom stereocenters. The number of piperidine rings is 1. The molecule has 21 heavy (non-hydrogen) atoms. The predicted molar refractivity (Wildman–Crippen MR) is 84.3 cm³/mol. The van der Waals surface area contributed by atoms with Gasteiger partial charge in [-0.25, -0.2) is 4.98 Å². The van der Waals surface area contributed by atoms with Gasteiger partial charge in [0.05, 0.1) is 11.4 Å². The van der Waals surface area contributed by atoms with Gasteiger partial charge in [0.25, 0.3) is 0 Å². The van der Waals surface area contributed by atoms with Crippen molar-refractivity contribution in [2.45, 2.75) is 53.5 Å². The van der Waals surface area contributed by atoms with Crippen molar-refractivity contribution in [2.75, 3.05) is 18.0 Å². The lowest BCUT2D eigenvalue weighted by Crippen LogP contribution is -2.48. The van der Waals surface area contributed by atoms with Crippen molar-refractivity contribution in [3.63, 3.8) is 0 Å². The van der Waals surface area contributed by atoms with Crippen LogP contribution in [0.1, 0.15) is 45.0 Å². The van der Waals surface area contributed by atoms with E-state index in [2.05, 4.69) is 20.2 Å². The highest BCUT2D eigenvalue weighted by atomic mass is 16.2. The van der Waals surface area contributed by atoms with Crippen LogP contribution in [-0.4, -0.2) is 35.0 Å². The topological polar surface area (TPSA) is 58.1 Å². The van der Waals surface area contributed by atoms with Gasteiger partial charge in [-0.1, -0.05) is 20.8 Å².